The van der Waals surface area contributed by atoms with Crippen LogP contribution in [0.3, 0.4) is 0 Å². The summed E-state index contributed by atoms with van der Waals surface area (Å²) in [5.74, 6) is -0.159. The Labute approximate surface area is 451 Å². The third kappa shape index (κ3) is 56.7. The van der Waals surface area contributed by atoms with E-state index in [-0.39, 0.29) is 19.1 Å². The molecule has 3 unspecified atom stereocenters. The summed E-state index contributed by atoms with van der Waals surface area (Å²) in [6.07, 6.45) is 78.6. The van der Waals surface area contributed by atoms with Gasteiger partial charge in [0, 0.05) is 6.42 Å². The van der Waals surface area contributed by atoms with Gasteiger partial charge in [0.05, 0.1) is 39.9 Å². The lowest BCUT2D eigenvalue weighted by atomic mass is 10.0. The lowest BCUT2D eigenvalue weighted by Gasteiger charge is -2.26. The Kier molecular flexibility index (Phi) is 51.9. The highest BCUT2D eigenvalue weighted by Crippen LogP contribution is 2.43. The molecule has 1 amide bonds. The van der Waals surface area contributed by atoms with Gasteiger partial charge in [-0.05, 0) is 83.5 Å². The number of unbranched alkanes of at least 4 members (excludes halogenated alkanes) is 22. The summed E-state index contributed by atoms with van der Waals surface area (Å²) < 4.78 is 23.8. The van der Waals surface area contributed by atoms with E-state index in [9.17, 15) is 19.4 Å². The zero-order valence-electron chi connectivity index (χ0n) is 47.8. The smallest absolute Gasteiger partial charge is 0.391 e. The minimum atomic E-state index is -4.33. The van der Waals surface area contributed by atoms with Crippen molar-refractivity contribution in [2.24, 2.45) is 0 Å². The fraction of sp³-hybridized carbons (Fsp3) is 0.703. The Morgan fingerprint density at radius 3 is 1.21 bits per heavy atom. The summed E-state index contributed by atoms with van der Waals surface area (Å²) in [7, 11) is 1.60. The van der Waals surface area contributed by atoms with Crippen molar-refractivity contribution in [3.8, 4) is 0 Å². The van der Waals surface area contributed by atoms with E-state index in [0.717, 1.165) is 109 Å². The highest BCUT2D eigenvalue weighted by molar-refractivity contribution is 7.47. The topological polar surface area (TPSA) is 105 Å². The lowest BCUT2D eigenvalue weighted by Crippen LogP contribution is -2.46. The summed E-state index contributed by atoms with van der Waals surface area (Å²) in [5, 5.41) is 14.1. The van der Waals surface area contributed by atoms with Crippen LogP contribution in [-0.2, 0) is 18.4 Å². The monoisotopic (exact) mass is 1040 g/mol. The van der Waals surface area contributed by atoms with Gasteiger partial charge in [-0.15, -0.1) is 0 Å². The standard InChI is InChI=1S/C64H113N2O6P/c1-6-8-10-12-14-16-18-20-22-24-25-26-27-28-29-30-31-32-33-34-35-36-37-38-39-40-41-42-44-46-48-50-52-54-56-58-64(68)65-62(61-72-73(69,70)71-60-59-66(3,4)5)63(67)57-55-53-51-49-47-45-43-23-21-19-17-15-13-11-9-7-2/h8,10,14,16,20,22,25-26,28-29,31-32,34-35,37-38,40-41,62-63,67H,6-7,9,11-13,15,17-19,21,23-24,27,30,33,36,39,42-61H2,1-5H3,(H-,65,68,69,70)/p+1/b10-8-,16-14-,22-20-,26-25-,29-28-,32-31-,35-34-,38-37-,41-40-. The second kappa shape index (κ2) is 54.0. The number of phosphoric ester groups is 1. The van der Waals surface area contributed by atoms with Crippen LogP contribution in [0.2, 0.25) is 0 Å². The number of likely N-dealkylation sites (N-methyl/N-ethyl adjacent to an activating group) is 1. The quantitative estimate of drug-likeness (QED) is 0.0243. The van der Waals surface area contributed by atoms with Gasteiger partial charge in [0.25, 0.3) is 0 Å². The van der Waals surface area contributed by atoms with Gasteiger partial charge < -0.3 is 19.8 Å². The molecule has 420 valence electrons. The summed E-state index contributed by atoms with van der Waals surface area (Å²) in [6.45, 7) is 4.76. The van der Waals surface area contributed by atoms with Crippen LogP contribution in [0.4, 0.5) is 0 Å². The van der Waals surface area contributed by atoms with E-state index >= 15 is 0 Å². The molecule has 3 atom stereocenters. The van der Waals surface area contributed by atoms with Crippen molar-refractivity contribution in [3.63, 3.8) is 0 Å². The van der Waals surface area contributed by atoms with Crippen molar-refractivity contribution in [1.82, 2.24) is 5.32 Å². The average Bonchev–Trinajstić information content (AvgIpc) is 3.35. The molecule has 0 saturated carbocycles. The molecule has 0 aromatic rings. The molecule has 73 heavy (non-hydrogen) atoms. The van der Waals surface area contributed by atoms with Gasteiger partial charge in [0.2, 0.25) is 5.91 Å². The number of phosphoric acid groups is 1. The molecule has 9 heteroatoms. The molecule has 0 aliphatic carbocycles. The van der Waals surface area contributed by atoms with E-state index in [1.807, 2.05) is 21.1 Å². The van der Waals surface area contributed by atoms with E-state index in [0.29, 0.717) is 23.9 Å². The number of carbonyl (C=O) groups is 1. The Morgan fingerprint density at radius 2 is 0.822 bits per heavy atom. The number of allylic oxidation sites excluding steroid dienone is 18. The zero-order chi connectivity index (χ0) is 53.5. The highest BCUT2D eigenvalue weighted by atomic mass is 31.2. The number of hydrogen-bond donors (Lipinski definition) is 3. The molecular weight excluding hydrogens is 924 g/mol. The second-order valence-corrected chi connectivity index (χ2v) is 22.4. The number of aliphatic hydroxyl groups is 1. The predicted octanol–water partition coefficient (Wildman–Crippen LogP) is 18.4. The van der Waals surface area contributed by atoms with Crippen LogP contribution in [-0.4, -0.2) is 73.4 Å². The number of nitrogens with zero attached hydrogens (tertiary/aromatic N) is 1. The van der Waals surface area contributed by atoms with Crippen molar-refractivity contribution in [2.75, 3.05) is 40.9 Å². The first-order valence-electron chi connectivity index (χ1n) is 29.8. The third-order valence-corrected chi connectivity index (χ3v) is 13.8. The number of nitrogens with one attached hydrogen (secondary N) is 1. The number of aliphatic hydroxyl groups excluding tert-OH is 1. The van der Waals surface area contributed by atoms with Gasteiger partial charge in [0.15, 0.2) is 0 Å². The van der Waals surface area contributed by atoms with Gasteiger partial charge in [0.1, 0.15) is 13.2 Å². The van der Waals surface area contributed by atoms with E-state index < -0.39 is 20.0 Å². The molecule has 0 rings (SSSR count). The van der Waals surface area contributed by atoms with E-state index in [4.69, 9.17) is 9.05 Å². The van der Waals surface area contributed by atoms with Crippen LogP contribution in [0.1, 0.15) is 239 Å². The van der Waals surface area contributed by atoms with Gasteiger partial charge >= 0.3 is 7.82 Å². The normalized spacial score (nSPS) is 14.7. The minimum Gasteiger partial charge on any atom is -0.391 e. The van der Waals surface area contributed by atoms with Gasteiger partial charge in [-0.3, -0.25) is 13.8 Å². The first-order valence-corrected chi connectivity index (χ1v) is 31.2. The van der Waals surface area contributed by atoms with Crippen LogP contribution < -0.4 is 5.32 Å². The van der Waals surface area contributed by atoms with Crippen molar-refractivity contribution < 1.29 is 32.9 Å². The van der Waals surface area contributed by atoms with E-state index in [2.05, 4.69) is 129 Å². The van der Waals surface area contributed by atoms with Gasteiger partial charge in [-0.2, -0.15) is 0 Å². The number of amides is 1. The fourth-order valence-corrected chi connectivity index (χ4v) is 8.89. The summed E-state index contributed by atoms with van der Waals surface area (Å²) in [4.78, 5) is 23.3. The van der Waals surface area contributed by atoms with Crippen LogP contribution >= 0.6 is 7.82 Å². The largest absolute Gasteiger partial charge is 0.472 e. The zero-order valence-corrected chi connectivity index (χ0v) is 48.7. The van der Waals surface area contributed by atoms with Gasteiger partial charge in [-0.1, -0.05) is 258 Å². The molecule has 0 heterocycles. The number of hydrogen-bond acceptors (Lipinski definition) is 5. The molecule has 0 aliphatic heterocycles. The Morgan fingerprint density at radius 1 is 0.479 bits per heavy atom. The Hall–Kier alpha value is -2.84. The average molecular weight is 1040 g/mol. The Balaban J connectivity index is 4.18. The molecule has 0 aromatic heterocycles. The maximum Gasteiger partial charge on any atom is 0.472 e. The predicted molar refractivity (Wildman–Crippen MR) is 318 cm³/mol. The Bertz CT molecular complexity index is 1550. The number of quaternary nitrogens is 1. The molecule has 8 nitrogen and oxygen atoms in total. The lowest BCUT2D eigenvalue weighted by molar-refractivity contribution is -0.870. The van der Waals surface area contributed by atoms with Crippen molar-refractivity contribution in [1.29, 1.82) is 0 Å². The molecule has 0 spiro atoms. The second-order valence-electron chi connectivity index (χ2n) is 21.0. The first-order chi connectivity index (χ1) is 35.5. The molecule has 0 aromatic carbocycles. The maximum atomic E-state index is 13.0. The van der Waals surface area contributed by atoms with E-state index in [1.165, 1.54) is 103 Å². The first kappa shape index (κ1) is 70.2. The third-order valence-electron chi connectivity index (χ3n) is 12.8. The summed E-state index contributed by atoms with van der Waals surface area (Å²) >= 11 is 0. The van der Waals surface area contributed by atoms with Crippen LogP contribution in [0.15, 0.2) is 109 Å². The van der Waals surface area contributed by atoms with Crippen LogP contribution in [0.25, 0.3) is 0 Å². The number of rotatable bonds is 53. The highest BCUT2D eigenvalue weighted by Gasteiger charge is 2.28. The maximum absolute atomic E-state index is 13.0. The SMILES string of the molecule is CC/C=C\C/C=C\C/C=C\C/C=C\C/C=C\C/C=C\C/C=C\C/C=C\C/C=C\CCCCCCCCCC(=O)NC(COP(=O)(O)OCC[N+](C)(C)C)C(O)CCCCCCCCCCCCCCCCCC. The molecule has 0 bridgehead atoms. The molecular formula is C64H114N2O6P+. The molecule has 0 fully saturated rings. The van der Waals surface area contributed by atoms with Gasteiger partial charge in [-0.25, -0.2) is 4.57 Å². The van der Waals surface area contributed by atoms with Crippen LogP contribution in [0, 0.1) is 0 Å². The summed E-state index contributed by atoms with van der Waals surface area (Å²) in [5.41, 5.74) is 0. The summed E-state index contributed by atoms with van der Waals surface area (Å²) in [6, 6.07) is -0.774. The molecule has 0 aliphatic rings. The molecule has 0 radical (unpaired) electrons. The fourth-order valence-electron chi connectivity index (χ4n) is 8.16. The number of carbonyl (C=O) groups excluding carboxylic acids is 1. The minimum absolute atomic E-state index is 0.0672. The molecule has 0 saturated heterocycles. The van der Waals surface area contributed by atoms with Crippen molar-refractivity contribution in [3.05, 3.63) is 109 Å². The van der Waals surface area contributed by atoms with Crippen molar-refractivity contribution >= 4 is 13.7 Å². The molecule has 3 N–H and O–H groups in total. The van der Waals surface area contributed by atoms with Crippen LogP contribution in [0.5, 0.6) is 0 Å². The van der Waals surface area contributed by atoms with E-state index in [1.54, 1.807) is 0 Å². The van der Waals surface area contributed by atoms with Crippen molar-refractivity contribution in [2.45, 2.75) is 251 Å².